The number of carbonyl (C=O) groups excluding carboxylic acids is 1. The van der Waals surface area contributed by atoms with Crippen LogP contribution in [0.15, 0.2) is 24.3 Å². The van der Waals surface area contributed by atoms with Gasteiger partial charge in [-0.25, -0.2) is 0 Å². The van der Waals surface area contributed by atoms with Crippen LogP contribution in [0.3, 0.4) is 0 Å². The summed E-state index contributed by atoms with van der Waals surface area (Å²) in [6.07, 6.45) is 0.826. The summed E-state index contributed by atoms with van der Waals surface area (Å²) >= 11 is 5.05. The maximum Gasteiger partial charge on any atom is 0.257 e. The molecule has 110 valence electrons. The molecule has 20 heavy (non-hydrogen) atoms. The summed E-state index contributed by atoms with van der Waals surface area (Å²) in [5.41, 5.74) is 0.511. The predicted molar refractivity (Wildman–Crippen MR) is 82.2 cm³/mol. The van der Waals surface area contributed by atoms with Gasteiger partial charge >= 0.3 is 0 Å². The fourth-order valence-corrected chi connectivity index (χ4v) is 1.73. The Morgan fingerprint density at radius 2 is 2.20 bits per heavy atom. The fraction of sp³-hybridized carbons (Fsp3) is 0.429. The van der Waals surface area contributed by atoms with Crippen molar-refractivity contribution >= 4 is 23.2 Å². The average molecular weight is 296 g/mol. The van der Waals surface area contributed by atoms with Crippen molar-refractivity contribution in [3.05, 3.63) is 29.8 Å². The molecule has 0 aromatic heterocycles. The molecule has 0 bridgehead atoms. The molecule has 0 heterocycles. The molecule has 0 saturated carbocycles. The van der Waals surface area contributed by atoms with Gasteiger partial charge in [0, 0.05) is 25.8 Å². The highest BCUT2D eigenvalue weighted by molar-refractivity contribution is 7.80. The number of thiocarbonyl (C=S) groups is 1. The molecule has 1 aromatic carbocycles. The van der Waals surface area contributed by atoms with Crippen LogP contribution in [-0.2, 0) is 4.74 Å². The second-order valence-electron chi connectivity index (χ2n) is 4.02. The minimum atomic E-state index is -0.254. The normalized spacial score (nSPS) is 9.90. The van der Waals surface area contributed by atoms with Crippen LogP contribution in [0.4, 0.5) is 0 Å². The van der Waals surface area contributed by atoms with E-state index in [0.29, 0.717) is 36.2 Å². The van der Waals surface area contributed by atoms with Crippen LogP contribution in [0, 0.1) is 0 Å². The molecule has 0 unspecified atom stereocenters. The van der Waals surface area contributed by atoms with E-state index in [0.717, 1.165) is 6.42 Å². The van der Waals surface area contributed by atoms with Crippen molar-refractivity contribution in [1.29, 1.82) is 0 Å². The Kier molecular flexibility index (Phi) is 7.60. The first kappa shape index (κ1) is 16.4. The van der Waals surface area contributed by atoms with E-state index < -0.39 is 0 Å². The van der Waals surface area contributed by atoms with Gasteiger partial charge in [-0.1, -0.05) is 6.07 Å². The second-order valence-corrected chi connectivity index (χ2v) is 4.43. The van der Waals surface area contributed by atoms with E-state index in [9.17, 15) is 4.79 Å². The molecule has 0 spiro atoms. The van der Waals surface area contributed by atoms with Crippen molar-refractivity contribution in [3.8, 4) is 5.75 Å². The van der Waals surface area contributed by atoms with E-state index in [2.05, 4.69) is 10.6 Å². The van der Waals surface area contributed by atoms with Crippen LogP contribution in [0.2, 0.25) is 0 Å². The van der Waals surface area contributed by atoms with Crippen molar-refractivity contribution in [2.45, 2.75) is 13.3 Å². The number of carbonyl (C=O) groups is 1. The molecule has 0 fully saturated rings. The topological polar surface area (TPSA) is 59.6 Å². The summed E-state index contributed by atoms with van der Waals surface area (Å²) < 4.78 is 10.3. The highest BCUT2D eigenvalue weighted by atomic mass is 32.1. The van der Waals surface area contributed by atoms with Gasteiger partial charge in [0.2, 0.25) is 0 Å². The minimum Gasteiger partial charge on any atom is -0.494 e. The van der Waals surface area contributed by atoms with Crippen LogP contribution in [-0.4, -0.2) is 37.9 Å². The first-order valence-electron chi connectivity index (χ1n) is 6.48. The number of amides is 1. The third kappa shape index (κ3) is 5.99. The molecular weight excluding hydrogens is 276 g/mol. The number of benzene rings is 1. The van der Waals surface area contributed by atoms with E-state index in [-0.39, 0.29) is 5.91 Å². The Bertz CT molecular complexity index is 452. The minimum absolute atomic E-state index is 0.254. The summed E-state index contributed by atoms with van der Waals surface area (Å²) in [4.78, 5) is 12.0. The van der Waals surface area contributed by atoms with Gasteiger partial charge in [-0.15, -0.1) is 0 Å². The van der Waals surface area contributed by atoms with Crippen molar-refractivity contribution in [2.24, 2.45) is 0 Å². The van der Waals surface area contributed by atoms with Gasteiger partial charge in [-0.05, 0) is 43.8 Å². The molecule has 1 rings (SSSR count). The SMILES string of the molecule is CCOc1cccc(C(=O)NC(=S)NCCCOC)c1. The quantitative estimate of drug-likeness (QED) is 0.593. The summed E-state index contributed by atoms with van der Waals surface area (Å²) in [6, 6.07) is 6.98. The highest BCUT2D eigenvalue weighted by Crippen LogP contribution is 2.12. The number of hydrogen-bond acceptors (Lipinski definition) is 4. The molecule has 5 nitrogen and oxygen atoms in total. The lowest BCUT2D eigenvalue weighted by molar-refractivity contribution is 0.0976. The van der Waals surface area contributed by atoms with Crippen LogP contribution in [0.25, 0.3) is 0 Å². The van der Waals surface area contributed by atoms with Crippen molar-refractivity contribution in [3.63, 3.8) is 0 Å². The van der Waals surface area contributed by atoms with Crippen LogP contribution in [0.5, 0.6) is 5.75 Å². The molecular formula is C14H20N2O3S. The third-order valence-corrected chi connectivity index (χ3v) is 2.69. The second kappa shape index (κ2) is 9.28. The van der Waals surface area contributed by atoms with Gasteiger partial charge in [0.05, 0.1) is 6.61 Å². The first-order valence-corrected chi connectivity index (χ1v) is 6.89. The number of rotatable bonds is 7. The molecule has 0 aliphatic heterocycles. The smallest absolute Gasteiger partial charge is 0.257 e. The Labute approximate surface area is 124 Å². The molecule has 1 amide bonds. The largest absolute Gasteiger partial charge is 0.494 e. The molecule has 0 radical (unpaired) electrons. The summed E-state index contributed by atoms with van der Waals surface area (Å²) in [5.74, 6) is 0.412. The third-order valence-electron chi connectivity index (χ3n) is 2.45. The molecule has 0 saturated heterocycles. The highest BCUT2D eigenvalue weighted by Gasteiger charge is 2.08. The van der Waals surface area contributed by atoms with E-state index in [1.165, 1.54) is 0 Å². The molecule has 1 aromatic rings. The van der Waals surface area contributed by atoms with Crippen molar-refractivity contribution in [2.75, 3.05) is 26.9 Å². The fourth-order valence-electron chi connectivity index (χ4n) is 1.53. The predicted octanol–water partition coefficient (Wildman–Crippen LogP) is 1.73. The average Bonchev–Trinajstić information content (AvgIpc) is 2.44. The summed E-state index contributed by atoms with van der Waals surface area (Å²) in [5, 5.41) is 5.89. The van der Waals surface area contributed by atoms with E-state index in [1.54, 1.807) is 25.3 Å². The molecule has 0 aliphatic rings. The number of ether oxygens (including phenoxy) is 2. The van der Waals surface area contributed by atoms with E-state index in [1.807, 2.05) is 13.0 Å². The zero-order valence-electron chi connectivity index (χ0n) is 11.8. The van der Waals surface area contributed by atoms with Gasteiger partial charge in [0.1, 0.15) is 5.75 Å². The molecule has 2 N–H and O–H groups in total. The lowest BCUT2D eigenvalue weighted by Gasteiger charge is -2.10. The Hall–Kier alpha value is -1.66. The lowest BCUT2D eigenvalue weighted by Crippen LogP contribution is -2.39. The maximum atomic E-state index is 12.0. The molecule has 0 atom stereocenters. The van der Waals surface area contributed by atoms with E-state index in [4.69, 9.17) is 21.7 Å². The van der Waals surface area contributed by atoms with Gasteiger partial charge in [0.25, 0.3) is 5.91 Å². The number of hydrogen-bond donors (Lipinski definition) is 2. The summed E-state index contributed by atoms with van der Waals surface area (Å²) in [7, 11) is 1.64. The first-order chi connectivity index (χ1) is 9.67. The molecule has 6 heteroatoms. The maximum absolute atomic E-state index is 12.0. The zero-order valence-corrected chi connectivity index (χ0v) is 12.6. The Balaban J connectivity index is 2.45. The van der Waals surface area contributed by atoms with E-state index >= 15 is 0 Å². The standard InChI is InChI=1S/C14H20N2O3S/c1-3-19-12-7-4-6-11(10-12)13(17)16-14(20)15-8-5-9-18-2/h4,6-7,10H,3,5,8-9H2,1-2H3,(H2,15,16,17,20). The van der Waals surface area contributed by atoms with Gasteiger partial charge in [-0.2, -0.15) is 0 Å². The van der Waals surface area contributed by atoms with Gasteiger partial charge in [0.15, 0.2) is 5.11 Å². The van der Waals surface area contributed by atoms with Gasteiger partial charge < -0.3 is 14.8 Å². The van der Waals surface area contributed by atoms with Crippen LogP contribution >= 0.6 is 12.2 Å². The number of methoxy groups -OCH3 is 1. The van der Waals surface area contributed by atoms with Gasteiger partial charge in [-0.3, -0.25) is 10.1 Å². The van der Waals surface area contributed by atoms with Crippen molar-refractivity contribution < 1.29 is 14.3 Å². The van der Waals surface area contributed by atoms with Crippen molar-refractivity contribution in [1.82, 2.24) is 10.6 Å². The Morgan fingerprint density at radius 3 is 2.90 bits per heavy atom. The van der Waals surface area contributed by atoms with Crippen LogP contribution < -0.4 is 15.4 Å². The zero-order chi connectivity index (χ0) is 14.8. The summed E-state index contributed by atoms with van der Waals surface area (Å²) in [6.45, 7) is 3.77. The Morgan fingerprint density at radius 1 is 1.40 bits per heavy atom. The monoisotopic (exact) mass is 296 g/mol. The molecule has 0 aliphatic carbocycles. The van der Waals surface area contributed by atoms with Crippen LogP contribution in [0.1, 0.15) is 23.7 Å². The number of nitrogens with one attached hydrogen (secondary N) is 2. The lowest BCUT2D eigenvalue weighted by atomic mass is 10.2.